The molecule has 0 spiro atoms. The van der Waals surface area contributed by atoms with Gasteiger partial charge < -0.3 is 9.84 Å². The molecule has 0 bridgehead atoms. The predicted molar refractivity (Wildman–Crippen MR) is 88.1 cm³/mol. The van der Waals surface area contributed by atoms with Gasteiger partial charge in [-0.25, -0.2) is 9.78 Å². The fraction of sp³-hybridized carbons (Fsp3) is 0.222. The van der Waals surface area contributed by atoms with Crippen molar-refractivity contribution in [3.63, 3.8) is 0 Å². The lowest BCUT2D eigenvalue weighted by atomic mass is 10.1. The molecule has 23 heavy (non-hydrogen) atoms. The fourth-order valence-electron chi connectivity index (χ4n) is 2.52. The van der Waals surface area contributed by atoms with E-state index in [0.29, 0.717) is 11.3 Å². The number of carboxylic acids is 1. The summed E-state index contributed by atoms with van der Waals surface area (Å²) < 4.78 is 7.23. The smallest absolute Gasteiger partial charge is 0.355 e. The molecule has 0 aliphatic carbocycles. The van der Waals surface area contributed by atoms with E-state index in [1.807, 2.05) is 57.2 Å². The molecule has 5 nitrogen and oxygen atoms in total. The number of rotatable bonds is 4. The molecule has 1 N–H and O–H groups in total. The van der Waals surface area contributed by atoms with Gasteiger partial charge in [0.15, 0.2) is 5.69 Å². The lowest BCUT2D eigenvalue weighted by Gasteiger charge is -2.09. The van der Waals surface area contributed by atoms with E-state index >= 15 is 0 Å². The molecule has 0 saturated heterocycles. The van der Waals surface area contributed by atoms with Crippen molar-refractivity contribution in [2.45, 2.75) is 26.9 Å². The Morgan fingerprint density at radius 2 is 1.87 bits per heavy atom. The maximum absolute atomic E-state index is 11.7. The molecule has 0 fully saturated rings. The van der Waals surface area contributed by atoms with Crippen molar-refractivity contribution in [1.82, 2.24) is 9.38 Å². The van der Waals surface area contributed by atoms with Gasteiger partial charge in [-0.05, 0) is 56.7 Å². The molecule has 0 atom stereocenters. The summed E-state index contributed by atoms with van der Waals surface area (Å²) in [4.78, 5) is 16.2. The van der Waals surface area contributed by atoms with Crippen LogP contribution < -0.4 is 4.74 Å². The van der Waals surface area contributed by atoms with Gasteiger partial charge in [0.25, 0.3) is 0 Å². The summed E-state index contributed by atoms with van der Waals surface area (Å²) in [6, 6.07) is 11.1. The molecule has 0 amide bonds. The van der Waals surface area contributed by atoms with Gasteiger partial charge in [0, 0.05) is 11.8 Å². The largest absolute Gasteiger partial charge is 0.491 e. The van der Waals surface area contributed by atoms with Crippen molar-refractivity contribution in [2.24, 2.45) is 0 Å². The zero-order chi connectivity index (χ0) is 16.6. The lowest BCUT2D eigenvalue weighted by molar-refractivity contribution is 0.0690. The summed E-state index contributed by atoms with van der Waals surface area (Å²) in [6.07, 6.45) is 1.87. The second-order valence-electron chi connectivity index (χ2n) is 5.74. The van der Waals surface area contributed by atoms with Crippen LogP contribution in [0.2, 0.25) is 0 Å². The Labute approximate surface area is 134 Å². The van der Waals surface area contributed by atoms with Crippen molar-refractivity contribution in [1.29, 1.82) is 0 Å². The van der Waals surface area contributed by atoms with Crippen molar-refractivity contribution < 1.29 is 14.6 Å². The molecule has 0 unspecified atom stereocenters. The van der Waals surface area contributed by atoms with Gasteiger partial charge in [-0.1, -0.05) is 6.07 Å². The minimum Gasteiger partial charge on any atom is -0.491 e. The highest BCUT2D eigenvalue weighted by molar-refractivity contribution is 5.94. The number of ether oxygens (including phenoxy) is 1. The molecule has 0 aliphatic rings. The third kappa shape index (κ3) is 2.90. The average Bonchev–Trinajstić information content (AvgIpc) is 2.86. The number of benzene rings is 1. The molecule has 0 aliphatic heterocycles. The number of hydrogen-bond acceptors (Lipinski definition) is 3. The van der Waals surface area contributed by atoms with Crippen LogP contribution in [0.5, 0.6) is 5.75 Å². The van der Waals surface area contributed by atoms with Crippen LogP contribution in [0, 0.1) is 6.92 Å². The summed E-state index contributed by atoms with van der Waals surface area (Å²) >= 11 is 0. The fourth-order valence-corrected chi connectivity index (χ4v) is 2.52. The number of aromatic carboxylic acids is 1. The first-order valence-electron chi connectivity index (χ1n) is 7.45. The Morgan fingerprint density at radius 3 is 2.48 bits per heavy atom. The van der Waals surface area contributed by atoms with Crippen LogP contribution in [0.3, 0.4) is 0 Å². The Morgan fingerprint density at radius 1 is 1.17 bits per heavy atom. The van der Waals surface area contributed by atoms with E-state index in [0.717, 1.165) is 16.9 Å². The maximum Gasteiger partial charge on any atom is 0.355 e. The minimum absolute atomic E-state index is 0.0913. The van der Waals surface area contributed by atoms with E-state index in [9.17, 15) is 9.90 Å². The standard InChI is InChI=1S/C18H18N2O3/c1-11(2)23-14-7-5-13(6-8-14)16-17(18(21)22)20-10-12(3)4-9-15(20)19-16/h4-11H,1-3H3,(H,21,22). The number of hydrogen-bond donors (Lipinski definition) is 1. The van der Waals surface area contributed by atoms with Crippen molar-refractivity contribution in [2.75, 3.05) is 0 Å². The second-order valence-corrected chi connectivity index (χ2v) is 5.74. The zero-order valence-electron chi connectivity index (χ0n) is 13.3. The molecular formula is C18H18N2O3. The van der Waals surface area contributed by atoms with Gasteiger partial charge in [0.05, 0.1) is 6.10 Å². The van der Waals surface area contributed by atoms with E-state index in [1.165, 1.54) is 0 Å². The van der Waals surface area contributed by atoms with Gasteiger partial charge >= 0.3 is 5.97 Å². The normalized spacial score (nSPS) is 11.1. The molecule has 5 heteroatoms. The van der Waals surface area contributed by atoms with E-state index in [1.54, 1.807) is 10.6 Å². The third-order valence-electron chi connectivity index (χ3n) is 3.47. The van der Waals surface area contributed by atoms with Gasteiger partial charge in [-0.2, -0.15) is 0 Å². The van der Waals surface area contributed by atoms with Crippen molar-refractivity contribution >= 4 is 11.6 Å². The monoisotopic (exact) mass is 310 g/mol. The molecule has 0 radical (unpaired) electrons. The zero-order valence-corrected chi connectivity index (χ0v) is 13.3. The van der Waals surface area contributed by atoms with Crippen molar-refractivity contribution in [3.8, 4) is 17.0 Å². The number of carboxylic acid groups (broad SMARTS) is 1. The highest BCUT2D eigenvalue weighted by Gasteiger charge is 2.20. The highest BCUT2D eigenvalue weighted by atomic mass is 16.5. The van der Waals surface area contributed by atoms with Gasteiger partial charge in [0.2, 0.25) is 0 Å². The first-order chi connectivity index (χ1) is 11.0. The predicted octanol–water partition coefficient (Wildman–Crippen LogP) is 3.80. The Balaban J connectivity index is 2.12. The Hall–Kier alpha value is -2.82. The summed E-state index contributed by atoms with van der Waals surface area (Å²) in [5.74, 6) is -0.249. The summed E-state index contributed by atoms with van der Waals surface area (Å²) in [6.45, 7) is 5.84. The first kappa shape index (κ1) is 15.1. The molecular weight excluding hydrogens is 292 g/mol. The van der Waals surface area contributed by atoms with Gasteiger partial charge in [0.1, 0.15) is 17.1 Å². The maximum atomic E-state index is 11.7. The molecule has 2 heterocycles. The van der Waals surface area contributed by atoms with Gasteiger partial charge in [-0.15, -0.1) is 0 Å². The van der Waals surface area contributed by atoms with Crippen LogP contribution in [0.1, 0.15) is 29.9 Å². The van der Waals surface area contributed by atoms with Crippen LogP contribution in [0.25, 0.3) is 16.9 Å². The SMILES string of the molecule is Cc1ccc2nc(-c3ccc(OC(C)C)cc3)c(C(=O)O)n2c1. The van der Waals surface area contributed by atoms with E-state index < -0.39 is 5.97 Å². The minimum atomic E-state index is -0.999. The lowest BCUT2D eigenvalue weighted by Crippen LogP contribution is -2.05. The third-order valence-corrected chi connectivity index (χ3v) is 3.47. The quantitative estimate of drug-likeness (QED) is 0.796. The topological polar surface area (TPSA) is 63.8 Å². The van der Waals surface area contributed by atoms with Crippen LogP contribution in [0.15, 0.2) is 42.6 Å². The second kappa shape index (κ2) is 5.76. The number of aryl methyl sites for hydroxylation is 1. The molecule has 118 valence electrons. The van der Waals surface area contributed by atoms with E-state index in [-0.39, 0.29) is 11.8 Å². The average molecular weight is 310 g/mol. The molecule has 3 rings (SSSR count). The number of pyridine rings is 1. The number of aromatic nitrogens is 2. The Bertz CT molecular complexity index is 864. The van der Waals surface area contributed by atoms with E-state index in [2.05, 4.69) is 4.98 Å². The summed E-state index contributed by atoms with van der Waals surface area (Å²) in [7, 11) is 0. The van der Waals surface area contributed by atoms with Crippen LogP contribution in [0.4, 0.5) is 0 Å². The number of nitrogens with zero attached hydrogens (tertiary/aromatic N) is 2. The molecule has 3 aromatic rings. The van der Waals surface area contributed by atoms with Gasteiger partial charge in [-0.3, -0.25) is 4.40 Å². The van der Waals surface area contributed by atoms with Crippen LogP contribution in [-0.4, -0.2) is 26.6 Å². The van der Waals surface area contributed by atoms with Crippen LogP contribution in [-0.2, 0) is 0 Å². The number of carbonyl (C=O) groups is 1. The summed E-state index contributed by atoms with van der Waals surface area (Å²) in [5, 5.41) is 9.59. The van der Waals surface area contributed by atoms with E-state index in [4.69, 9.17) is 4.74 Å². The van der Waals surface area contributed by atoms with Crippen LogP contribution >= 0.6 is 0 Å². The number of imidazole rings is 1. The number of fused-ring (bicyclic) bond motifs is 1. The van der Waals surface area contributed by atoms with Crippen molar-refractivity contribution in [3.05, 3.63) is 53.9 Å². The summed E-state index contributed by atoms with van der Waals surface area (Å²) in [5.41, 5.74) is 2.97. The Kier molecular flexibility index (Phi) is 3.78. The molecule has 0 saturated carbocycles. The first-order valence-corrected chi connectivity index (χ1v) is 7.45. The molecule has 2 aromatic heterocycles. The molecule has 1 aromatic carbocycles. The highest BCUT2D eigenvalue weighted by Crippen LogP contribution is 2.27.